The van der Waals surface area contributed by atoms with E-state index < -0.39 is 0 Å². The molecule has 0 saturated heterocycles. The van der Waals surface area contributed by atoms with E-state index >= 15 is 0 Å². The summed E-state index contributed by atoms with van der Waals surface area (Å²) < 4.78 is 5.53. The number of benzene rings is 2. The summed E-state index contributed by atoms with van der Waals surface area (Å²) in [7, 11) is 0. The van der Waals surface area contributed by atoms with Crippen LogP contribution in [0.3, 0.4) is 0 Å². The molecular formula is C17H18ClNO. The average molecular weight is 288 g/mol. The van der Waals surface area contributed by atoms with Crippen molar-refractivity contribution >= 4 is 11.6 Å². The summed E-state index contributed by atoms with van der Waals surface area (Å²) in [5.74, 6) is 1.04. The van der Waals surface area contributed by atoms with E-state index in [0.29, 0.717) is 6.04 Å². The minimum atomic E-state index is 0.303. The third-order valence-corrected chi connectivity index (χ3v) is 3.99. The summed E-state index contributed by atoms with van der Waals surface area (Å²) in [6.45, 7) is 3.84. The maximum Gasteiger partial charge on any atom is 0.122 e. The van der Waals surface area contributed by atoms with Gasteiger partial charge < -0.3 is 10.1 Å². The Morgan fingerprint density at radius 1 is 1.20 bits per heavy atom. The van der Waals surface area contributed by atoms with Crippen molar-refractivity contribution in [2.45, 2.75) is 25.9 Å². The molecule has 1 N–H and O–H groups in total. The minimum absolute atomic E-state index is 0.303. The molecule has 3 rings (SSSR count). The number of halogens is 1. The van der Waals surface area contributed by atoms with E-state index in [1.54, 1.807) is 0 Å². The normalized spacial score (nSPS) is 14.7. The Hall–Kier alpha value is -1.51. The molecule has 0 unspecified atom stereocenters. The molecule has 0 bridgehead atoms. The summed E-state index contributed by atoms with van der Waals surface area (Å²) in [4.78, 5) is 0. The van der Waals surface area contributed by atoms with Gasteiger partial charge in [-0.15, -0.1) is 0 Å². The van der Waals surface area contributed by atoms with Crippen LogP contribution in [-0.2, 0) is 13.0 Å². The van der Waals surface area contributed by atoms with E-state index in [1.807, 2.05) is 12.1 Å². The van der Waals surface area contributed by atoms with Crippen molar-refractivity contribution in [2.24, 2.45) is 0 Å². The quantitative estimate of drug-likeness (QED) is 0.913. The second-order valence-electron chi connectivity index (χ2n) is 5.19. The average Bonchev–Trinajstić information content (AvgIpc) is 2.93. The van der Waals surface area contributed by atoms with E-state index in [-0.39, 0.29) is 0 Å². The third-order valence-electron chi connectivity index (χ3n) is 3.74. The highest BCUT2D eigenvalue weighted by Crippen LogP contribution is 2.26. The predicted molar refractivity (Wildman–Crippen MR) is 82.3 cm³/mol. The Labute approximate surface area is 124 Å². The Bertz CT molecular complexity index is 594. The first-order valence-corrected chi connectivity index (χ1v) is 7.33. The van der Waals surface area contributed by atoms with Crippen LogP contribution in [0.4, 0.5) is 0 Å². The first-order valence-electron chi connectivity index (χ1n) is 6.96. The molecular weight excluding hydrogens is 270 g/mol. The standard InChI is InChI=1S/C17H18ClNO/c1-12(14-3-5-16(18)6-4-14)19-11-13-2-7-17-15(10-13)8-9-20-17/h2-7,10,12,19H,8-9,11H2,1H3/t12-/m1/s1. The van der Waals surface area contributed by atoms with Gasteiger partial charge in [0.2, 0.25) is 0 Å². The molecule has 0 amide bonds. The first-order chi connectivity index (χ1) is 9.72. The zero-order valence-corrected chi connectivity index (χ0v) is 12.3. The second-order valence-corrected chi connectivity index (χ2v) is 5.63. The third kappa shape index (κ3) is 2.97. The fraction of sp³-hybridized carbons (Fsp3) is 0.294. The van der Waals surface area contributed by atoms with Crippen LogP contribution < -0.4 is 10.1 Å². The largest absolute Gasteiger partial charge is 0.493 e. The Kier molecular flexibility index (Phi) is 3.95. The molecule has 2 aromatic carbocycles. The molecule has 0 fully saturated rings. The van der Waals surface area contributed by atoms with Gasteiger partial charge in [0.1, 0.15) is 5.75 Å². The molecule has 3 heteroatoms. The SMILES string of the molecule is C[C@@H](NCc1ccc2c(c1)CCO2)c1ccc(Cl)cc1. The smallest absolute Gasteiger partial charge is 0.122 e. The Balaban J connectivity index is 1.63. The van der Waals surface area contributed by atoms with Crippen LogP contribution in [0.15, 0.2) is 42.5 Å². The summed E-state index contributed by atoms with van der Waals surface area (Å²) in [5.41, 5.74) is 3.87. The molecule has 0 saturated carbocycles. The van der Waals surface area contributed by atoms with Crippen LogP contribution in [0.1, 0.15) is 29.7 Å². The molecule has 0 spiro atoms. The van der Waals surface area contributed by atoms with Gasteiger partial charge in [0.25, 0.3) is 0 Å². The lowest BCUT2D eigenvalue weighted by Gasteiger charge is -2.15. The van der Waals surface area contributed by atoms with Crippen molar-refractivity contribution in [1.82, 2.24) is 5.32 Å². The van der Waals surface area contributed by atoms with Crippen molar-refractivity contribution in [2.75, 3.05) is 6.61 Å². The van der Waals surface area contributed by atoms with Gasteiger partial charge in [0, 0.05) is 24.0 Å². The zero-order chi connectivity index (χ0) is 13.9. The highest BCUT2D eigenvalue weighted by atomic mass is 35.5. The van der Waals surface area contributed by atoms with Gasteiger partial charge in [-0.25, -0.2) is 0 Å². The number of nitrogens with one attached hydrogen (secondary N) is 1. The summed E-state index contributed by atoms with van der Waals surface area (Å²) in [5, 5.41) is 4.32. The molecule has 1 heterocycles. The monoisotopic (exact) mass is 287 g/mol. The van der Waals surface area contributed by atoms with Gasteiger partial charge in [-0.1, -0.05) is 35.9 Å². The van der Waals surface area contributed by atoms with Gasteiger partial charge in [0.15, 0.2) is 0 Å². The summed E-state index contributed by atoms with van der Waals surface area (Å²) >= 11 is 5.91. The lowest BCUT2D eigenvalue weighted by molar-refractivity contribution is 0.357. The first kappa shape index (κ1) is 13.5. The molecule has 2 nitrogen and oxygen atoms in total. The fourth-order valence-corrected chi connectivity index (χ4v) is 2.62. The molecule has 20 heavy (non-hydrogen) atoms. The van der Waals surface area contributed by atoms with Crippen LogP contribution in [0.5, 0.6) is 5.75 Å². The van der Waals surface area contributed by atoms with Gasteiger partial charge in [-0.05, 0) is 41.8 Å². The molecule has 2 aromatic rings. The van der Waals surface area contributed by atoms with E-state index in [2.05, 4.69) is 42.6 Å². The van der Waals surface area contributed by atoms with Crippen LogP contribution in [0.25, 0.3) is 0 Å². The van der Waals surface area contributed by atoms with Crippen molar-refractivity contribution in [3.05, 3.63) is 64.2 Å². The van der Waals surface area contributed by atoms with Crippen LogP contribution in [-0.4, -0.2) is 6.61 Å². The van der Waals surface area contributed by atoms with Crippen LogP contribution in [0.2, 0.25) is 5.02 Å². The number of hydrogen-bond acceptors (Lipinski definition) is 2. The molecule has 0 aromatic heterocycles. The summed E-state index contributed by atoms with van der Waals surface area (Å²) in [6.07, 6.45) is 1.02. The number of hydrogen-bond donors (Lipinski definition) is 1. The highest BCUT2D eigenvalue weighted by molar-refractivity contribution is 6.30. The Morgan fingerprint density at radius 2 is 2.00 bits per heavy atom. The maximum atomic E-state index is 5.91. The fourth-order valence-electron chi connectivity index (χ4n) is 2.49. The number of rotatable bonds is 4. The van der Waals surface area contributed by atoms with Crippen molar-refractivity contribution in [3.8, 4) is 5.75 Å². The summed E-state index contributed by atoms with van der Waals surface area (Å²) in [6, 6.07) is 14.7. The topological polar surface area (TPSA) is 21.3 Å². The van der Waals surface area contributed by atoms with Crippen LogP contribution >= 0.6 is 11.6 Å². The highest BCUT2D eigenvalue weighted by Gasteiger charge is 2.12. The van der Waals surface area contributed by atoms with Crippen molar-refractivity contribution in [3.63, 3.8) is 0 Å². The molecule has 0 radical (unpaired) electrons. The lowest BCUT2D eigenvalue weighted by Crippen LogP contribution is -2.18. The molecule has 104 valence electrons. The van der Waals surface area contributed by atoms with Gasteiger partial charge in [-0.2, -0.15) is 0 Å². The molecule has 1 aliphatic heterocycles. The lowest BCUT2D eigenvalue weighted by atomic mass is 10.1. The van der Waals surface area contributed by atoms with E-state index in [4.69, 9.17) is 16.3 Å². The van der Waals surface area contributed by atoms with E-state index in [9.17, 15) is 0 Å². The van der Waals surface area contributed by atoms with Crippen molar-refractivity contribution in [1.29, 1.82) is 0 Å². The predicted octanol–water partition coefficient (Wildman–Crippen LogP) is 4.13. The van der Waals surface area contributed by atoms with Gasteiger partial charge >= 0.3 is 0 Å². The molecule has 0 aliphatic carbocycles. The van der Waals surface area contributed by atoms with E-state index in [1.165, 1.54) is 16.7 Å². The van der Waals surface area contributed by atoms with E-state index in [0.717, 1.165) is 30.3 Å². The number of fused-ring (bicyclic) bond motifs is 1. The van der Waals surface area contributed by atoms with Gasteiger partial charge in [-0.3, -0.25) is 0 Å². The maximum absolute atomic E-state index is 5.91. The zero-order valence-electron chi connectivity index (χ0n) is 11.5. The van der Waals surface area contributed by atoms with Gasteiger partial charge in [0.05, 0.1) is 6.61 Å². The Morgan fingerprint density at radius 3 is 2.80 bits per heavy atom. The minimum Gasteiger partial charge on any atom is -0.493 e. The molecule has 1 atom stereocenters. The second kappa shape index (κ2) is 5.86. The van der Waals surface area contributed by atoms with Crippen LogP contribution in [0, 0.1) is 0 Å². The molecule has 1 aliphatic rings. The number of ether oxygens (including phenoxy) is 1. The van der Waals surface area contributed by atoms with Crippen molar-refractivity contribution < 1.29 is 4.74 Å².